The molecule has 2 rings (SSSR count). The van der Waals surface area contributed by atoms with Gasteiger partial charge in [0.2, 0.25) is 0 Å². The van der Waals surface area contributed by atoms with Gasteiger partial charge in [-0.1, -0.05) is 6.07 Å². The first-order chi connectivity index (χ1) is 11.1. The molecule has 0 saturated heterocycles. The van der Waals surface area contributed by atoms with Crippen molar-refractivity contribution in [1.82, 2.24) is 0 Å². The van der Waals surface area contributed by atoms with Crippen LogP contribution < -0.4 is 9.46 Å². The maximum absolute atomic E-state index is 13.7. The Labute approximate surface area is 138 Å². The second kappa shape index (κ2) is 6.36. The molecule has 0 amide bonds. The first kappa shape index (κ1) is 18.1. The lowest BCUT2D eigenvalue weighted by molar-refractivity contribution is 0.402. The Balaban J connectivity index is 2.60. The summed E-state index contributed by atoms with van der Waals surface area (Å²) in [5.74, 6) is -2.40. The van der Waals surface area contributed by atoms with E-state index in [1.54, 1.807) is 4.72 Å². The molecule has 0 spiro atoms. The van der Waals surface area contributed by atoms with Crippen LogP contribution in [0.15, 0.2) is 46.2 Å². The molecule has 6 nitrogen and oxygen atoms in total. The maximum Gasteiger partial charge on any atom is 0.265 e. The number of para-hydroxylation sites is 1. The van der Waals surface area contributed by atoms with Crippen LogP contribution in [0.2, 0.25) is 0 Å². The summed E-state index contributed by atoms with van der Waals surface area (Å²) < 4.78 is 82.1. The number of nitrogens with one attached hydrogen (secondary N) is 1. The smallest absolute Gasteiger partial charge is 0.265 e. The van der Waals surface area contributed by atoms with E-state index in [2.05, 4.69) is 0 Å². The fourth-order valence-corrected chi connectivity index (χ4v) is 3.88. The van der Waals surface area contributed by atoms with Crippen molar-refractivity contribution >= 4 is 25.5 Å². The molecule has 0 aliphatic carbocycles. The van der Waals surface area contributed by atoms with Crippen LogP contribution >= 0.6 is 0 Å². The summed E-state index contributed by atoms with van der Waals surface area (Å²) in [5, 5.41) is 0. The van der Waals surface area contributed by atoms with Gasteiger partial charge in [-0.25, -0.2) is 25.6 Å². The highest BCUT2D eigenvalue weighted by atomic mass is 32.2. The molecule has 10 heteroatoms. The number of methoxy groups -OCH3 is 1. The number of sulfonamides is 1. The van der Waals surface area contributed by atoms with E-state index in [1.807, 2.05) is 0 Å². The average Bonchev–Trinajstić information content (AvgIpc) is 2.49. The lowest BCUT2D eigenvalue weighted by Crippen LogP contribution is -2.16. The molecule has 24 heavy (non-hydrogen) atoms. The van der Waals surface area contributed by atoms with Gasteiger partial charge >= 0.3 is 0 Å². The molecule has 0 unspecified atom stereocenters. The third-order valence-electron chi connectivity index (χ3n) is 3.05. The van der Waals surface area contributed by atoms with Gasteiger partial charge in [0.1, 0.15) is 28.0 Å². The van der Waals surface area contributed by atoms with Gasteiger partial charge in [0, 0.05) is 6.26 Å². The van der Waals surface area contributed by atoms with Crippen LogP contribution in [0.4, 0.5) is 14.5 Å². The molecule has 0 atom stereocenters. The zero-order valence-electron chi connectivity index (χ0n) is 12.6. The highest BCUT2D eigenvalue weighted by Crippen LogP contribution is 2.30. The summed E-state index contributed by atoms with van der Waals surface area (Å²) in [6, 6.07) is 6.00. The largest absolute Gasteiger partial charge is 0.495 e. The lowest BCUT2D eigenvalue weighted by atomic mass is 10.3. The van der Waals surface area contributed by atoms with E-state index in [9.17, 15) is 25.6 Å². The van der Waals surface area contributed by atoms with E-state index in [0.717, 1.165) is 42.7 Å². The zero-order valence-corrected chi connectivity index (χ0v) is 14.2. The minimum Gasteiger partial charge on any atom is -0.495 e. The second-order valence-electron chi connectivity index (χ2n) is 4.79. The summed E-state index contributed by atoms with van der Waals surface area (Å²) in [7, 11) is -7.02. The number of ether oxygens (including phenoxy) is 1. The van der Waals surface area contributed by atoms with Gasteiger partial charge in [0.05, 0.1) is 12.0 Å². The van der Waals surface area contributed by atoms with Gasteiger partial charge in [-0.2, -0.15) is 0 Å². The van der Waals surface area contributed by atoms with Crippen LogP contribution in [0.25, 0.3) is 0 Å². The number of sulfone groups is 1. The molecule has 0 fully saturated rings. The summed E-state index contributed by atoms with van der Waals surface area (Å²) in [4.78, 5) is -0.840. The van der Waals surface area contributed by atoms with Crippen LogP contribution in [0, 0.1) is 11.6 Å². The van der Waals surface area contributed by atoms with E-state index >= 15 is 0 Å². The van der Waals surface area contributed by atoms with E-state index in [4.69, 9.17) is 4.74 Å². The Kier molecular flexibility index (Phi) is 4.81. The Bertz CT molecular complexity index is 968. The molecular formula is C14H13F2NO5S2. The maximum atomic E-state index is 13.7. The topological polar surface area (TPSA) is 89.5 Å². The highest BCUT2D eigenvalue weighted by Gasteiger charge is 2.25. The van der Waals surface area contributed by atoms with Gasteiger partial charge < -0.3 is 4.74 Å². The Morgan fingerprint density at radius 2 is 1.58 bits per heavy atom. The molecule has 130 valence electrons. The molecule has 0 saturated carbocycles. The number of benzene rings is 2. The van der Waals surface area contributed by atoms with Crippen molar-refractivity contribution in [2.45, 2.75) is 9.79 Å². The van der Waals surface area contributed by atoms with Crippen molar-refractivity contribution < 1.29 is 30.4 Å². The van der Waals surface area contributed by atoms with E-state index < -0.39 is 42.1 Å². The highest BCUT2D eigenvalue weighted by molar-refractivity contribution is 7.93. The average molecular weight is 377 g/mol. The summed E-state index contributed by atoms with van der Waals surface area (Å²) in [6.45, 7) is 0. The van der Waals surface area contributed by atoms with Crippen LogP contribution in [-0.2, 0) is 19.9 Å². The summed E-state index contributed by atoms with van der Waals surface area (Å²) in [5.41, 5.74) is -0.871. The normalized spacial score (nSPS) is 12.0. The minimum atomic E-state index is -4.50. The van der Waals surface area contributed by atoms with E-state index in [0.29, 0.717) is 0 Å². The Hall–Kier alpha value is -2.20. The number of hydrogen-bond donors (Lipinski definition) is 1. The molecule has 0 aliphatic rings. The Morgan fingerprint density at radius 3 is 2.08 bits per heavy atom. The van der Waals surface area contributed by atoms with Crippen molar-refractivity contribution in [2.24, 2.45) is 0 Å². The first-order valence-corrected chi connectivity index (χ1v) is 9.78. The Morgan fingerprint density at radius 1 is 1.00 bits per heavy atom. The molecule has 2 aromatic rings. The molecule has 0 radical (unpaired) electrons. The monoisotopic (exact) mass is 377 g/mol. The summed E-state index contributed by atoms with van der Waals surface area (Å²) in [6.07, 6.45) is 0.898. The van der Waals surface area contributed by atoms with E-state index in [1.165, 1.54) is 7.11 Å². The molecule has 2 aromatic carbocycles. The molecule has 1 N–H and O–H groups in total. The molecule has 0 bridgehead atoms. The van der Waals surface area contributed by atoms with Gasteiger partial charge in [0.25, 0.3) is 10.0 Å². The third kappa shape index (κ3) is 3.65. The van der Waals surface area contributed by atoms with Crippen molar-refractivity contribution in [3.05, 3.63) is 48.0 Å². The van der Waals surface area contributed by atoms with Crippen LogP contribution in [0.5, 0.6) is 5.75 Å². The van der Waals surface area contributed by atoms with Crippen molar-refractivity contribution in [3.8, 4) is 5.75 Å². The van der Waals surface area contributed by atoms with Gasteiger partial charge in [-0.3, -0.25) is 4.72 Å². The number of halogens is 2. The predicted molar refractivity (Wildman–Crippen MR) is 83.3 cm³/mol. The SMILES string of the molecule is COc1ccc(S(C)(=O)=O)cc1S(=O)(=O)Nc1c(F)cccc1F. The standard InChI is InChI=1S/C14H13F2NO5S2/c1-22-12-7-6-9(23(2,18)19)8-13(12)24(20,21)17-14-10(15)4-3-5-11(14)16/h3-8,17H,1-2H3. The van der Waals surface area contributed by atoms with Crippen molar-refractivity contribution in [1.29, 1.82) is 0 Å². The summed E-state index contributed by atoms with van der Waals surface area (Å²) >= 11 is 0. The van der Waals surface area contributed by atoms with E-state index in [-0.39, 0.29) is 10.6 Å². The lowest BCUT2D eigenvalue weighted by Gasteiger charge is -2.13. The number of hydrogen-bond acceptors (Lipinski definition) is 5. The van der Waals surface area contributed by atoms with Crippen molar-refractivity contribution in [3.63, 3.8) is 0 Å². The fraction of sp³-hybridized carbons (Fsp3) is 0.143. The molecular weight excluding hydrogens is 364 g/mol. The van der Waals surface area contributed by atoms with Crippen LogP contribution in [-0.4, -0.2) is 30.2 Å². The van der Waals surface area contributed by atoms with Crippen LogP contribution in [0.1, 0.15) is 0 Å². The third-order valence-corrected chi connectivity index (χ3v) is 5.53. The quantitative estimate of drug-likeness (QED) is 0.863. The zero-order chi connectivity index (χ0) is 18.1. The van der Waals surface area contributed by atoms with Gasteiger partial charge in [-0.05, 0) is 30.3 Å². The van der Waals surface area contributed by atoms with Crippen LogP contribution in [0.3, 0.4) is 0 Å². The second-order valence-corrected chi connectivity index (χ2v) is 8.45. The van der Waals surface area contributed by atoms with Crippen molar-refractivity contribution in [2.75, 3.05) is 18.1 Å². The first-order valence-electron chi connectivity index (χ1n) is 6.41. The van der Waals surface area contributed by atoms with Gasteiger partial charge in [0.15, 0.2) is 9.84 Å². The number of rotatable bonds is 5. The van der Waals surface area contributed by atoms with Gasteiger partial charge in [-0.15, -0.1) is 0 Å². The molecule has 0 aliphatic heterocycles. The predicted octanol–water partition coefficient (Wildman–Crippen LogP) is 2.18. The minimum absolute atomic E-state index is 0.174. The molecule has 0 heterocycles. The fourth-order valence-electron chi connectivity index (χ4n) is 1.88. The molecule has 0 aromatic heterocycles. The number of anilines is 1.